The first-order valence-corrected chi connectivity index (χ1v) is 7.21. The first kappa shape index (κ1) is 16.6. The summed E-state index contributed by atoms with van der Waals surface area (Å²) in [7, 11) is 0. The van der Waals surface area contributed by atoms with Crippen LogP contribution in [0.1, 0.15) is 15.9 Å². The molecule has 0 fully saturated rings. The van der Waals surface area contributed by atoms with Gasteiger partial charge in [-0.15, -0.1) is 0 Å². The highest BCUT2D eigenvalue weighted by molar-refractivity contribution is 9.10. The van der Waals surface area contributed by atoms with E-state index in [1.54, 1.807) is 24.3 Å². The number of nitriles is 1. The van der Waals surface area contributed by atoms with Crippen molar-refractivity contribution in [3.63, 3.8) is 0 Å². The fourth-order valence-corrected chi connectivity index (χ4v) is 2.07. The van der Waals surface area contributed by atoms with E-state index in [1.165, 1.54) is 12.1 Å². The normalized spacial score (nSPS) is 9.78. The fourth-order valence-electron chi connectivity index (χ4n) is 1.74. The summed E-state index contributed by atoms with van der Waals surface area (Å²) >= 11 is 3.08. The van der Waals surface area contributed by atoms with Crippen molar-refractivity contribution in [1.29, 1.82) is 5.26 Å². The number of esters is 1. The lowest BCUT2D eigenvalue weighted by atomic mass is 10.2. The number of ether oxygens (including phenoxy) is 1. The zero-order valence-electron chi connectivity index (χ0n) is 11.7. The molecule has 2 aromatic rings. The van der Waals surface area contributed by atoms with Crippen molar-refractivity contribution < 1.29 is 18.7 Å². The average molecular weight is 377 g/mol. The maximum atomic E-state index is 13.6. The number of hydrogen-bond acceptors (Lipinski definition) is 4. The van der Waals surface area contributed by atoms with E-state index < -0.39 is 24.3 Å². The maximum Gasteiger partial charge on any atom is 0.341 e. The van der Waals surface area contributed by atoms with E-state index in [9.17, 15) is 14.0 Å². The molecule has 0 saturated carbocycles. The number of rotatable bonds is 4. The molecule has 0 radical (unpaired) electrons. The van der Waals surface area contributed by atoms with Gasteiger partial charge in [0, 0.05) is 4.47 Å². The molecule has 1 amide bonds. The van der Waals surface area contributed by atoms with Crippen LogP contribution in [0.4, 0.5) is 10.1 Å². The van der Waals surface area contributed by atoms with Crippen LogP contribution in [0.15, 0.2) is 46.9 Å². The van der Waals surface area contributed by atoms with Gasteiger partial charge in [-0.1, -0.05) is 28.1 Å². The van der Waals surface area contributed by atoms with Crippen LogP contribution in [0.5, 0.6) is 0 Å². The molecule has 0 unspecified atom stereocenters. The zero-order valence-corrected chi connectivity index (χ0v) is 13.3. The van der Waals surface area contributed by atoms with Crippen molar-refractivity contribution >= 4 is 33.5 Å². The van der Waals surface area contributed by atoms with Gasteiger partial charge in [0.1, 0.15) is 11.9 Å². The number of anilines is 1. The van der Waals surface area contributed by atoms with Crippen molar-refractivity contribution in [2.75, 3.05) is 11.9 Å². The molecule has 0 spiro atoms. The van der Waals surface area contributed by atoms with Gasteiger partial charge in [0.2, 0.25) is 0 Å². The van der Waals surface area contributed by atoms with Crippen molar-refractivity contribution in [2.45, 2.75) is 0 Å². The number of amides is 1. The SMILES string of the molecule is N#Cc1ccccc1NC(=O)COC(=O)c1ccc(Br)cc1F. The number of carbonyl (C=O) groups is 2. The van der Waals surface area contributed by atoms with Crippen molar-refractivity contribution in [3.8, 4) is 6.07 Å². The number of hydrogen-bond donors (Lipinski definition) is 1. The second-order valence-electron chi connectivity index (χ2n) is 4.41. The second-order valence-corrected chi connectivity index (χ2v) is 5.32. The lowest BCUT2D eigenvalue weighted by molar-refractivity contribution is -0.119. The minimum absolute atomic E-state index is 0.265. The van der Waals surface area contributed by atoms with Gasteiger partial charge in [-0.3, -0.25) is 4.79 Å². The van der Waals surface area contributed by atoms with Gasteiger partial charge < -0.3 is 10.1 Å². The Morgan fingerprint density at radius 1 is 1.26 bits per heavy atom. The van der Waals surface area contributed by atoms with Gasteiger partial charge in [0.05, 0.1) is 16.8 Å². The van der Waals surface area contributed by atoms with E-state index in [-0.39, 0.29) is 11.1 Å². The summed E-state index contributed by atoms with van der Waals surface area (Å²) in [6.07, 6.45) is 0. The standard InChI is InChI=1S/C16H10BrFN2O3/c17-11-5-6-12(13(18)7-11)16(22)23-9-15(21)20-14-4-2-1-3-10(14)8-19/h1-7H,9H2,(H,20,21). The van der Waals surface area contributed by atoms with Crippen LogP contribution in [-0.2, 0) is 9.53 Å². The highest BCUT2D eigenvalue weighted by Gasteiger charge is 2.15. The van der Waals surface area contributed by atoms with Crippen LogP contribution >= 0.6 is 15.9 Å². The van der Waals surface area contributed by atoms with E-state index in [2.05, 4.69) is 21.2 Å². The fraction of sp³-hybridized carbons (Fsp3) is 0.0625. The molecule has 0 saturated heterocycles. The number of benzene rings is 2. The van der Waals surface area contributed by atoms with Crippen LogP contribution in [0, 0.1) is 17.1 Å². The largest absolute Gasteiger partial charge is 0.452 e. The van der Waals surface area contributed by atoms with Crippen molar-refractivity contribution in [1.82, 2.24) is 0 Å². The van der Waals surface area contributed by atoms with Gasteiger partial charge in [0.15, 0.2) is 6.61 Å². The molecule has 0 aliphatic carbocycles. The molecule has 2 aromatic carbocycles. The van der Waals surface area contributed by atoms with Crippen LogP contribution in [-0.4, -0.2) is 18.5 Å². The van der Waals surface area contributed by atoms with E-state index in [0.717, 1.165) is 6.07 Å². The molecule has 2 rings (SSSR count). The molecule has 0 aromatic heterocycles. The summed E-state index contributed by atoms with van der Waals surface area (Å²) in [4.78, 5) is 23.5. The predicted molar refractivity (Wildman–Crippen MR) is 84.2 cm³/mol. The summed E-state index contributed by atoms with van der Waals surface area (Å²) in [6, 6.07) is 12.2. The van der Waals surface area contributed by atoms with Gasteiger partial charge in [-0.25, -0.2) is 9.18 Å². The van der Waals surface area contributed by atoms with E-state index in [1.807, 2.05) is 6.07 Å². The third kappa shape index (κ3) is 4.37. The molecular formula is C16H10BrFN2O3. The van der Waals surface area contributed by atoms with Crippen molar-refractivity contribution in [3.05, 3.63) is 63.9 Å². The molecule has 1 N–H and O–H groups in total. The smallest absolute Gasteiger partial charge is 0.341 e. The summed E-state index contributed by atoms with van der Waals surface area (Å²) in [5, 5.41) is 11.4. The Morgan fingerprint density at radius 3 is 2.70 bits per heavy atom. The van der Waals surface area contributed by atoms with E-state index in [0.29, 0.717) is 10.2 Å². The highest BCUT2D eigenvalue weighted by Crippen LogP contribution is 2.16. The third-order valence-electron chi connectivity index (χ3n) is 2.81. The second kappa shape index (κ2) is 7.51. The topological polar surface area (TPSA) is 79.2 Å². The Balaban J connectivity index is 1.96. The minimum Gasteiger partial charge on any atom is -0.452 e. The molecular weight excluding hydrogens is 367 g/mol. The van der Waals surface area contributed by atoms with Crippen LogP contribution < -0.4 is 5.32 Å². The Morgan fingerprint density at radius 2 is 2.00 bits per heavy atom. The lowest BCUT2D eigenvalue weighted by Crippen LogP contribution is -2.21. The maximum absolute atomic E-state index is 13.6. The van der Waals surface area contributed by atoms with Crippen LogP contribution in [0.3, 0.4) is 0 Å². The summed E-state index contributed by atoms with van der Waals surface area (Å²) in [6.45, 7) is -0.589. The van der Waals surface area contributed by atoms with Gasteiger partial charge in [0.25, 0.3) is 5.91 Å². The Hall–Kier alpha value is -2.72. The third-order valence-corrected chi connectivity index (χ3v) is 3.30. The minimum atomic E-state index is -0.946. The summed E-state index contributed by atoms with van der Waals surface area (Å²) in [5.41, 5.74) is 0.329. The summed E-state index contributed by atoms with van der Waals surface area (Å²) < 4.78 is 18.9. The molecule has 0 bridgehead atoms. The monoisotopic (exact) mass is 376 g/mol. The van der Waals surface area contributed by atoms with Crippen molar-refractivity contribution in [2.24, 2.45) is 0 Å². The molecule has 0 heterocycles. The van der Waals surface area contributed by atoms with Gasteiger partial charge in [-0.2, -0.15) is 5.26 Å². The molecule has 5 nitrogen and oxygen atoms in total. The zero-order chi connectivity index (χ0) is 16.8. The summed E-state index contributed by atoms with van der Waals surface area (Å²) in [5.74, 6) is -2.32. The molecule has 7 heteroatoms. The molecule has 116 valence electrons. The lowest BCUT2D eigenvalue weighted by Gasteiger charge is -2.08. The average Bonchev–Trinajstić information content (AvgIpc) is 2.53. The predicted octanol–water partition coefficient (Wildman–Crippen LogP) is 3.26. The molecule has 0 aliphatic heterocycles. The number of para-hydroxylation sites is 1. The number of nitrogens with zero attached hydrogens (tertiary/aromatic N) is 1. The number of nitrogens with one attached hydrogen (secondary N) is 1. The first-order chi connectivity index (χ1) is 11.0. The van der Waals surface area contributed by atoms with E-state index in [4.69, 9.17) is 10.00 Å². The van der Waals surface area contributed by atoms with Crippen LogP contribution in [0.2, 0.25) is 0 Å². The highest BCUT2D eigenvalue weighted by atomic mass is 79.9. The number of halogens is 2. The first-order valence-electron chi connectivity index (χ1n) is 6.42. The Labute approximate surface area is 139 Å². The van der Waals surface area contributed by atoms with Crippen LogP contribution in [0.25, 0.3) is 0 Å². The molecule has 23 heavy (non-hydrogen) atoms. The van der Waals surface area contributed by atoms with Gasteiger partial charge in [-0.05, 0) is 30.3 Å². The quantitative estimate of drug-likeness (QED) is 0.830. The molecule has 0 atom stereocenters. The molecule has 0 aliphatic rings. The number of carbonyl (C=O) groups excluding carboxylic acids is 2. The Bertz CT molecular complexity index is 802. The Kier molecular flexibility index (Phi) is 5.44. The van der Waals surface area contributed by atoms with E-state index >= 15 is 0 Å². The van der Waals surface area contributed by atoms with Gasteiger partial charge >= 0.3 is 5.97 Å².